The van der Waals surface area contributed by atoms with E-state index in [1.807, 2.05) is 6.92 Å². The van der Waals surface area contributed by atoms with Gasteiger partial charge in [0, 0.05) is 19.7 Å². The van der Waals surface area contributed by atoms with Crippen LogP contribution in [0.1, 0.15) is 27.2 Å². The highest BCUT2D eigenvalue weighted by Crippen LogP contribution is 2.01. The van der Waals surface area contributed by atoms with Crippen molar-refractivity contribution < 1.29 is 0 Å². The number of nitrogens with zero attached hydrogens (tertiary/aromatic N) is 3. The highest BCUT2D eigenvalue weighted by molar-refractivity contribution is 5.72. The van der Waals surface area contributed by atoms with Gasteiger partial charge in [0.2, 0.25) is 0 Å². The molecule has 0 aliphatic heterocycles. The molecule has 2 aromatic rings. The van der Waals surface area contributed by atoms with Crippen LogP contribution in [-0.2, 0) is 13.6 Å². The Bertz CT molecular complexity index is 641. The van der Waals surface area contributed by atoms with Gasteiger partial charge in [-0.15, -0.1) is 0 Å². The second kappa shape index (κ2) is 6.14. The van der Waals surface area contributed by atoms with Crippen LogP contribution in [0.4, 0.5) is 0 Å². The Morgan fingerprint density at radius 3 is 2.33 bits per heavy atom. The molecule has 2 heterocycles. The molecule has 0 unspecified atom stereocenters. The fourth-order valence-corrected chi connectivity index (χ4v) is 1.53. The summed E-state index contributed by atoms with van der Waals surface area (Å²) in [5, 5.41) is 0. The van der Waals surface area contributed by atoms with Gasteiger partial charge in [0.25, 0.3) is 11.1 Å². The van der Waals surface area contributed by atoms with Crippen LogP contribution in [0.2, 0.25) is 0 Å². The van der Waals surface area contributed by atoms with Gasteiger partial charge in [0.15, 0.2) is 0 Å². The third-order valence-corrected chi connectivity index (χ3v) is 2.43. The first-order chi connectivity index (χ1) is 8.56. The molecule has 2 aromatic heterocycles. The summed E-state index contributed by atoms with van der Waals surface area (Å²) in [7, 11) is 1.58. The lowest BCUT2D eigenvalue weighted by Crippen LogP contribution is -2.27. The molecule has 0 aliphatic rings. The molecule has 18 heavy (non-hydrogen) atoms. The Labute approximate surface area is 106 Å². The molecule has 0 amide bonds. The van der Waals surface area contributed by atoms with Gasteiger partial charge >= 0.3 is 0 Å². The molecule has 0 atom stereocenters. The summed E-state index contributed by atoms with van der Waals surface area (Å²) < 4.78 is 2.80. The van der Waals surface area contributed by atoms with Crippen LogP contribution in [0.25, 0.3) is 11.0 Å². The maximum absolute atomic E-state index is 11.9. The van der Waals surface area contributed by atoms with Crippen molar-refractivity contribution in [3.05, 3.63) is 39.2 Å². The summed E-state index contributed by atoms with van der Waals surface area (Å²) in [6.07, 6.45) is 2.75. The molecule has 0 spiro atoms. The molecule has 5 nitrogen and oxygen atoms in total. The summed E-state index contributed by atoms with van der Waals surface area (Å²) in [6, 6.07) is 2.98. The fourth-order valence-electron chi connectivity index (χ4n) is 1.53. The van der Waals surface area contributed by atoms with Gasteiger partial charge < -0.3 is 4.57 Å². The van der Waals surface area contributed by atoms with Crippen molar-refractivity contribution in [1.29, 1.82) is 0 Å². The van der Waals surface area contributed by atoms with E-state index >= 15 is 0 Å². The fraction of sp³-hybridized carbons (Fsp3) is 0.462. The van der Waals surface area contributed by atoms with Crippen LogP contribution < -0.4 is 11.1 Å². The van der Waals surface area contributed by atoms with E-state index < -0.39 is 0 Å². The van der Waals surface area contributed by atoms with Crippen molar-refractivity contribution in [3.63, 3.8) is 0 Å². The Balaban J connectivity index is 0.000000492. The van der Waals surface area contributed by atoms with Gasteiger partial charge in [-0.1, -0.05) is 20.3 Å². The highest BCUT2D eigenvalue weighted by atomic mass is 16.1. The Morgan fingerprint density at radius 1 is 1.17 bits per heavy atom. The lowest BCUT2D eigenvalue weighted by molar-refractivity contribution is 0.708. The minimum Gasteiger partial charge on any atom is -0.305 e. The average molecular weight is 249 g/mol. The number of aryl methyl sites for hydroxylation is 2. The molecule has 0 fully saturated rings. The van der Waals surface area contributed by atoms with Crippen LogP contribution in [0, 0.1) is 0 Å². The van der Waals surface area contributed by atoms with Crippen molar-refractivity contribution in [2.24, 2.45) is 7.05 Å². The molecule has 0 saturated carbocycles. The monoisotopic (exact) mass is 249 g/mol. The summed E-state index contributed by atoms with van der Waals surface area (Å²) in [5.74, 6) is 0. The Morgan fingerprint density at radius 2 is 1.78 bits per heavy atom. The second-order valence-electron chi connectivity index (χ2n) is 4.01. The quantitative estimate of drug-likeness (QED) is 0.770. The van der Waals surface area contributed by atoms with E-state index in [9.17, 15) is 9.59 Å². The summed E-state index contributed by atoms with van der Waals surface area (Å²) >= 11 is 0. The molecule has 0 saturated heterocycles. The first-order valence-corrected chi connectivity index (χ1v) is 6.11. The topological polar surface area (TPSA) is 56.9 Å². The first kappa shape index (κ1) is 14.2. The number of hydrogen-bond donors (Lipinski definition) is 0. The van der Waals surface area contributed by atoms with Crippen molar-refractivity contribution in [3.8, 4) is 0 Å². The number of fused-ring (bicyclic) bond motifs is 1. The van der Waals surface area contributed by atoms with Gasteiger partial charge in [0.1, 0.15) is 5.52 Å². The van der Waals surface area contributed by atoms with E-state index in [2.05, 4.69) is 18.8 Å². The highest BCUT2D eigenvalue weighted by Gasteiger charge is 2.06. The Kier molecular flexibility index (Phi) is 4.83. The Hall–Kier alpha value is -1.91. The minimum atomic E-state index is -0.199. The van der Waals surface area contributed by atoms with E-state index in [-0.39, 0.29) is 11.1 Å². The normalized spacial score (nSPS) is 10.0. The van der Waals surface area contributed by atoms with Crippen molar-refractivity contribution in [1.82, 2.24) is 14.1 Å². The lowest BCUT2D eigenvalue weighted by Gasteiger charge is -2.05. The molecule has 98 valence electrons. The zero-order valence-electron chi connectivity index (χ0n) is 11.3. The number of aromatic nitrogens is 3. The van der Waals surface area contributed by atoms with Crippen molar-refractivity contribution >= 4 is 11.0 Å². The van der Waals surface area contributed by atoms with E-state index in [4.69, 9.17) is 0 Å². The molecule has 0 aromatic carbocycles. The van der Waals surface area contributed by atoms with E-state index in [0.717, 1.165) is 0 Å². The second-order valence-corrected chi connectivity index (χ2v) is 4.01. The van der Waals surface area contributed by atoms with Crippen LogP contribution in [-0.4, -0.2) is 14.1 Å². The van der Waals surface area contributed by atoms with Gasteiger partial charge in [-0.25, -0.2) is 4.98 Å². The number of rotatable bonds is 1. The third-order valence-electron chi connectivity index (χ3n) is 2.43. The standard InChI is InChI=1S/C10H11N3O2.C3H8/c1-3-13-6-11-7-4-5-8(14)12(2)9(7)10(13)15;1-3-2/h4-6H,3H2,1-2H3;3H2,1-2H3. The van der Waals surface area contributed by atoms with Gasteiger partial charge in [-0.2, -0.15) is 0 Å². The molecular weight excluding hydrogens is 230 g/mol. The van der Waals surface area contributed by atoms with Gasteiger partial charge in [-0.05, 0) is 13.0 Å². The zero-order chi connectivity index (χ0) is 13.7. The molecule has 0 radical (unpaired) electrons. The molecule has 5 heteroatoms. The number of hydrogen-bond acceptors (Lipinski definition) is 3. The van der Waals surface area contributed by atoms with Crippen molar-refractivity contribution in [2.45, 2.75) is 33.7 Å². The van der Waals surface area contributed by atoms with Crippen LogP contribution in [0.15, 0.2) is 28.0 Å². The zero-order valence-corrected chi connectivity index (χ0v) is 11.3. The predicted molar refractivity (Wildman–Crippen MR) is 72.9 cm³/mol. The number of pyridine rings is 1. The summed E-state index contributed by atoms with van der Waals surface area (Å²) in [6.45, 7) is 6.65. The van der Waals surface area contributed by atoms with Crippen molar-refractivity contribution in [2.75, 3.05) is 0 Å². The SMILES string of the molecule is CCC.CCn1cnc2ccc(=O)n(C)c2c1=O. The predicted octanol–water partition coefficient (Wildman–Crippen LogP) is 1.53. The van der Waals surface area contributed by atoms with E-state index in [1.54, 1.807) is 13.1 Å². The third kappa shape index (κ3) is 2.67. The van der Waals surface area contributed by atoms with Crippen LogP contribution >= 0.6 is 0 Å². The van der Waals surface area contributed by atoms with Crippen LogP contribution in [0.3, 0.4) is 0 Å². The largest absolute Gasteiger partial charge is 0.305 e. The molecule has 0 aliphatic carbocycles. The first-order valence-electron chi connectivity index (χ1n) is 6.11. The van der Waals surface area contributed by atoms with Gasteiger partial charge in [0.05, 0.1) is 11.8 Å². The molecular formula is C13H19N3O2. The minimum absolute atomic E-state index is 0.178. The van der Waals surface area contributed by atoms with Gasteiger partial charge in [-0.3, -0.25) is 14.2 Å². The van der Waals surface area contributed by atoms with E-state index in [1.165, 1.54) is 27.9 Å². The molecule has 0 N–H and O–H groups in total. The molecule has 2 rings (SSSR count). The maximum atomic E-state index is 11.9. The summed E-state index contributed by atoms with van der Waals surface area (Å²) in [5.41, 5.74) is 0.525. The smallest absolute Gasteiger partial charge is 0.277 e. The van der Waals surface area contributed by atoms with E-state index in [0.29, 0.717) is 17.6 Å². The lowest BCUT2D eigenvalue weighted by atomic mass is 10.3. The maximum Gasteiger partial charge on any atom is 0.277 e. The van der Waals surface area contributed by atoms with Crippen LogP contribution in [0.5, 0.6) is 0 Å². The molecule has 0 bridgehead atoms. The summed E-state index contributed by atoms with van der Waals surface area (Å²) in [4.78, 5) is 27.4. The average Bonchev–Trinajstić information content (AvgIpc) is 2.35.